The molecule has 0 aliphatic carbocycles. The lowest BCUT2D eigenvalue weighted by atomic mass is 9.90. The summed E-state index contributed by atoms with van der Waals surface area (Å²) in [7, 11) is -2.05. The van der Waals surface area contributed by atoms with Crippen LogP contribution >= 0.6 is 0 Å². The number of aromatic nitrogens is 6. The van der Waals surface area contributed by atoms with Crippen molar-refractivity contribution in [1.82, 2.24) is 29.1 Å². The smallest absolute Gasteiger partial charge is 0.261 e. The van der Waals surface area contributed by atoms with Gasteiger partial charge >= 0.3 is 25.6 Å². The van der Waals surface area contributed by atoms with E-state index >= 15 is 0 Å². The third-order valence-electron chi connectivity index (χ3n) is 6.94. The predicted molar refractivity (Wildman–Crippen MR) is 150 cm³/mol. The number of hydrogen-bond acceptors (Lipinski definition) is 3. The first-order valence-electron chi connectivity index (χ1n) is 13.4. The van der Waals surface area contributed by atoms with Gasteiger partial charge in [0.25, 0.3) is 0 Å². The number of hydrogen-bond donors (Lipinski definition) is 0. The summed E-state index contributed by atoms with van der Waals surface area (Å²) >= 11 is 0. The summed E-state index contributed by atoms with van der Waals surface area (Å²) in [6.07, 6.45) is -15.1. The third kappa shape index (κ3) is 5.89. The molecule has 46 heavy (non-hydrogen) atoms. The highest BCUT2D eigenvalue weighted by molar-refractivity contribution is 6.54. The normalized spacial score (nSPS) is 12.5. The van der Waals surface area contributed by atoms with Gasteiger partial charge in [0.2, 0.25) is 0 Å². The second-order valence-electron chi connectivity index (χ2n) is 10.0. The van der Waals surface area contributed by atoms with E-state index in [2.05, 4.69) is 15.3 Å². The molecule has 3 heterocycles. The molecule has 0 radical (unpaired) electrons. The highest BCUT2D eigenvalue weighted by Crippen LogP contribution is 2.37. The molecular weight excluding hydrogens is 626 g/mol. The molecule has 0 unspecified atom stereocenters. The Labute approximate surface area is 254 Å². The molecule has 0 fully saturated rings. The van der Waals surface area contributed by atoms with Crippen molar-refractivity contribution >= 4 is 7.12 Å². The van der Waals surface area contributed by atoms with Crippen LogP contribution < -0.4 is 0 Å². The van der Waals surface area contributed by atoms with Gasteiger partial charge in [-0.2, -0.15) is 54.8 Å². The van der Waals surface area contributed by atoms with Crippen molar-refractivity contribution in [2.24, 2.45) is 0 Å². The van der Waals surface area contributed by atoms with Crippen LogP contribution in [0.15, 0.2) is 109 Å². The van der Waals surface area contributed by atoms with E-state index in [1.807, 2.05) is 0 Å². The van der Waals surface area contributed by atoms with Gasteiger partial charge in [-0.05, 0) is 34.9 Å². The molecule has 234 valence electrons. The fourth-order valence-electron chi connectivity index (χ4n) is 4.91. The summed E-state index contributed by atoms with van der Waals surface area (Å²) in [4.78, 5) is 0. The minimum Gasteiger partial charge on any atom is -0.261 e. The molecule has 0 spiro atoms. The van der Waals surface area contributed by atoms with Crippen molar-refractivity contribution in [1.29, 1.82) is 0 Å². The van der Waals surface area contributed by atoms with Crippen LogP contribution in [0.5, 0.6) is 0 Å². The van der Waals surface area contributed by atoms with Gasteiger partial charge in [0.15, 0.2) is 17.1 Å². The van der Waals surface area contributed by atoms with E-state index in [0.717, 1.165) is 0 Å². The first-order chi connectivity index (χ1) is 21.7. The first-order valence-corrected chi connectivity index (χ1v) is 13.4. The summed E-state index contributed by atoms with van der Waals surface area (Å²) < 4.78 is 129. The molecule has 0 atom stereocenters. The van der Waals surface area contributed by atoms with Crippen LogP contribution in [0.3, 0.4) is 0 Å². The molecule has 6 rings (SSSR count). The highest BCUT2D eigenvalue weighted by Gasteiger charge is 2.44. The topological polar surface area (TPSA) is 53.5 Å². The largest absolute Gasteiger partial charge is 0.570 e. The number of benzene rings is 3. The average Bonchev–Trinajstić information content (AvgIpc) is 3.77. The molecule has 3 aromatic carbocycles. The standard InChI is InChI=1S/C30H18BF9N6/c32-28(33,34)25-16-22(19-10-4-1-5-11-19)44(41-25)31(45-23(20-12-6-2-7-13-20)17-26(42-45)29(35,36)37)46-24(21-14-8-3-9-15-21)18-27(43-46)30(38,39)40/h1-18H. The summed E-state index contributed by atoms with van der Waals surface area (Å²) in [5.41, 5.74) is -4.71. The Hall–Kier alpha value is -5.28. The molecule has 3 aromatic heterocycles. The minimum atomic E-state index is -5.04. The van der Waals surface area contributed by atoms with Crippen molar-refractivity contribution in [3.63, 3.8) is 0 Å². The van der Waals surface area contributed by atoms with Gasteiger partial charge < -0.3 is 0 Å². The minimum absolute atomic E-state index is 0.143. The quantitative estimate of drug-likeness (QED) is 0.136. The van der Waals surface area contributed by atoms with Gasteiger partial charge in [-0.1, -0.05) is 91.0 Å². The average molecular weight is 644 g/mol. The first kappa shape index (κ1) is 30.7. The summed E-state index contributed by atoms with van der Waals surface area (Å²) in [6.45, 7) is 0. The van der Waals surface area contributed by atoms with Crippen LogP contribution in [0, 0.1) is 0 Å². The zero-order valence-corrected chi connectivity index (χ0v) is 23.1. The van der Waals surface area contributed by atoms with Gasteiger partial charge in [-0.25, -0.2) is 0 Å². The SMILES string of the molecule is FC(F)(F)c1cc(-c2ccccc2)n(B(n2nc(C(F)(F)F)cc2-c2ccccc2)n2nc(C(F)(F)F)cc2-c2ccccc2)n1. The van der Waals surface area contributed by atoms with Crippen molar-refractivity contribution in [3.05, 3.63) is 126 Å². The Kier molecular flexibility index (Phi) is 7.53. The van der Waals surface area contributed by atoms with Gasteiger partial charge in [0, 0.05) is 0 Å². The van der Waals surface area contributed by atoms with Crippen molar-refractivity contribution < 1.29 is 39.5 Å². The van der Waals surface area contributed by atoms with Gasteiger partial charge in [0.1, 0.15) is 0 Å². The molecule has 0 aliphatic rings. The van der Waals surface area contributed by atoms with Crippen LogP contribution in [0.1, 0.15) is 17.1 Å². The third-order valence-corrected chi connectivity index (χ3v) is 6.94. The zero-order chi connectivity index (χ0) is 32.9. The van der Waals surface area contributed by atoms with Crippen LogP contribution in [-0.2, 0) is 18.5 Å². The van der Waals surface area contributed by atoms with E-state index in [4.69, 9.17) is 0 Å². The van der Waals surface area contributed by atoms with Gasteiger partial charge in [0.05, 0.1) is 17.1 Å². The van der Waals surface area contributed by atoms with Gasteiger partial charge in [-0.3, -0.25) is 13.8 Å². The molecule has 0 aliphatic heterocycles. The fourth-order valence-corrected chi connectivity index (χ4v) is 4.91. The van der Waals surface area contributed by atoms with E-state index in [1.54, 1.807) is 18.2 Å². The van der Waals surface area contributed by atoms with E-state index in [9.17, 15) is 39.5 Å². The van der Waals surface area contributed by atoms with Crippen molar-refractivity contribution in [2.45, 2.75) is 18.5 Å². The Bertz CT molecular complexity index is 1730. The molecular formula is C30H18BF9N6. The second kappa shape index (κ2) is 11.3. The summed E-state index contributed by atoms with van der Waals surface area (Å²) in [5, 5.41) is 11.2. The van der Waals surface area contributed by atoms with E-state index in [0.29, 0.717) is 32.0 Å². The van der Waals surface area contributed by atoms with Crippen molar-refractivity contribution in [3.8, 4) is 33.8 Å². The lowest BCUT2D eigenvalue weighted by molar-refractivity contribution is -0.142. The molecule has 0 saturated heterocycles. The lowest BCUT2D eigenvalue weighted by Gasteiger charge is -2.21. The summed E-state index contributed by atoms with van der Waals surface area (Å²) in [5.74, 6) is 0. The molecule has 0 amide bonds. The fraction of sp³-hybridized carbons (Fsp3) is 0.100. The van der Waals surface area contributed by atoms with E-state index in [-0.39, 0.29) is 33.8 Å². The monoisotopic (exact) mass is 644 g/mol. The Morgan fingerprint density at radius 1 is 0.391 bits per heavy atom. The molecule has 0 bridgehead atoms. The summed E-state index contributed by atoms with van der Waals surface area (Å²) in [6, 6.07) is 24.3. The van der Waals surface area contributed by atoms with E-state index in [1.165, 1.54) is 72.8 Å². The maximum absolute atomic E-state index is 14.2. The molecule has 16 heteroatoms. The predicted octanol–water partition coefficient (Wildman–Crippen LogP) is 8.26. The Balaban J connectivity index is 1.75. The lowest BCUT2D eigenvalue weighted by Crippen LogP contribution is -2.45. The van der Waals surface area contributed by atoms with Crippen LogP contribution in [-0.4, -0.2) is 36.2 Å². The molecule has 0 N–H and O–H groups in total. The molecule has 0 saturated carbocycles. The molecule has 6 nitrogen and oxygen atoms in total. The zero-order valence-electron chi connectivity index (χ0n) is 23.1. The van der Waals surface area contributed by atoms with Crippen LogP contribution in [0.25, 0.3) is 33.8 Å². The Morgan fingerprint density at radius 3 is 0.848 bits per heavy atom. The number of nitrogens with zero attached hydrogens (tertiary/aromatic N) is 6. The number of halogens is 9. The Morgan fingerprint density at radius 2 is 0.630 bits per heavy atom. The van der Waals surface area contributed by atoms with Crippen molar-refractivity contribution in [2.75, 3.05) is 0 Å². The van der Waals surface area contributed by atoms with E-state index < -0.39 is 42.7 Å². The number of alkyl halides is 9. The van der Waals surface area contributed by atoms with Crippen LogP contribution in [0.4, 0.5) is 39.5 Å². The maximum Gasteiger partial charge on any atom is 0.570 e. The van der Waals surface area contributed by atoms with Crippen LogP contribution in [0.2, 0.25) is 0 Å². The maximum atomic E-state index is 14.2. The molecule has 6 aromatic rings. The second-order valence-corrected chi connectivity index (χ2v) is 10.0. The number of rotatable bonds is 6. The highest BCUT2D eigenvalue weighted by atomic mass is 19.4. The van der Waals surface area contributed by atoms with Gasteiger partial charge in [-0.15, -0.1) is 0 Å².